The van der Waals surface area contributed by atoms with Crippen molar-refractivity contribution in [2.24, 2.45) is 0 Å². The van der Waals surface area contributed by atoms with Gasteiger partial charge in [-0.05, 0) is 43.7 Å². The first-order chi connectivity index (χ1) is 11.6. The second-order valence-corrected chi connectivity index (χ2v) is 5.18. The summed E-state index contributed by atoms with van der Waals surface area (Å²) in [5, 5.41) is 8.69. The molecule has 5 heteroatoms. The zero-order chi connectivity index (χ0) is 17.4. The van der Waals surface area contributed by atoms with Crippen molar-refractivity contribution >= 4 is 11.8 Å². The first kappa shape index (κ1) is 17.5. The highest BCUT2D eigenvalue weighted by Crippen LogP contribution is 2.29. The van der Waals surface area contributed by atoms with Crippen molar-refractivity contribution in [2.45, 2.75) is 26.2 Å². The lowest BCUT2D eigenvalue weighted by atomic mass is 10.0. The van der Waals surface area contributed by atoms with Crippen LogP contribution in [0, 0.1) is 0 Å². The van der Waals surface area contributed by atoms with E-state index in [-0.39, 0.29) is 18.6 Å². The van der Waals surface area contributed by atoms with E-state index in [1.165, 1.54) is 0 Å². The van der Waals surface area contributed by atoms with Gasteiger partial charge in [-0.25, -0.2) is 0 Å². The van der Waals surface area contributed by atoms with Gasteiger partial charge in [-0.2, -0.15) is 0 Å². The van der Waals surface area contributed by atoms with E-state index in [1.54, 1.807) is 18.2 Å². The third kappa shape index (κ3) is 5.12. The van der Waals surface area contributed by atoms with Crippen LogP contribution >= 0.6 is 0 Å². The van der Waals surface area contributed by atoms with Gasteiger partial charge in [0.1, 0.15) is 17.2 Å². The molecule has 0 bridgehead atoms. The lowest BCUT2D eigenvalue weighted by Gasteiger charge is -2.12. The molecule has 5 nitrogen and oxygen atoms in total. The smallest absolute Gasteiger partial charge is 0.303 e. The number of Topliss-reactive ketones (excluding diaryl/α,β-unsaturated/α-hetero) is 1. The van der Waals surface area contributed by atoms with Gasteiger partial charge in [0.25, 0.3) is 0 Å². The number of rotatable bonds is 9. The second kappa shape index (κ2) is 8.72. The fraction of sp³-hybridized carbons (Fsp3) is 0.263. The van der Waals surface area contributed by atoms with Crippen molar-refractivity contribution in [2.75, 3.05) is 6.61 Å². The van der Waals surface area contributed by atoms with Crippen LogP contribution in [-0.4, -0.2) is 23.5 Å². The van der Waals surface area contributed by atoms with Crippen molar-refractivity contribution in [3.63, 3.8) is 0 Å². The molecule has 0 fully saturated rings. The van der Waals surface area contributed by atoms with Gasteiger partial charge in [-0.1, -0.05) is 18.2 Å². The quantitative estimate of drug-likeness (QED) is 0.694. The number of para-hydroxylation sites is 1. The number of carbonyl (C=O) groups excluding carboxylic acids is 1. The Balaban J connectivity index is 2.17. The van der Waals surface area contributed by atoms with E-state index in [2.05, 4.69) is 0 Å². The van der Waals surface area contributed by atoms with E-state index in [0.29, 0.717) is 35.8 Å². The number of carboxylic acid groups (broad SMARTS) is 1. The van der Waals surface area contributed by atoms with E-state index in [0.717, 1.165) is 0 Å². The van der Waals surface area contributed by atoms with Crippen LogP contribution in [0.4, 0.5) is 0 Å². The average Bonchev–Trinajstić information content (AvgIpc) is 2.57. The predicted octanol–water partition coefficient (Wildman–Crippen LogP) is 4.32. The Morgan fingerprint density at radius 3 is 2.42 bits per heavy atom. The summed E-state index contributed by atoms with van der Waals surface area (Å²) in [6.07, 6.45) is 0.417. The molecule has 0 spiro atoms. The number of aliphatic carboxylic acids is 1. The maximum absolute atomic E-state index is 12.4. The molecule has 126 valence electrons. The van der Waals surface area contributed by atoms with Crippen LogP contribution in [0.1, 0.15) is 36.5 Å². The van der Waals surface area contributed by atoms with Crippen molar-refractivity contribution in [1.29, 1.82) is 0 Å². The summed E-state index contributed by atoms with van der Waals surface area (Å²) < 4.78 is 11.2. The van der Waals surface area contributed by atoms with Crippen molar-refractivity contribution in [3.8, 4) is 17.2 Å². The number of carboxylic acids is 1. The zero-order valence-corrected chi connectivity index (χ0v) is 13.5. The number of ether oxygens (including phenoxy) is 2. The Hall–Kier alpha value is -2.82. The summed E-state index contributed by atoms with van der Waals surface area (Å²) in [4.78, 5) is 23.0. The number of ketones is 1. The van der Waals surface area contributed by atoms with Crippen LogP contribution in [0.5, 0.6) is 17.2 Å². The SMILES string of the molecule is CCOc1ccc(Oc2ccccc2)cc1C(=O)CCCC(=O)O. The highest BCUT2D eigenvalue weighted by Gasteiger charge is 2.15. The van der Waals surface area contributed by atoms with E-state index in [1.807, 2.05) is 37.3 Å². The molecule has 2 aromatic carbocycles. The van der Waals surface area contributed by atoms with Gasteiger partial charge >= 0.3 is 5.97 Å². The Morgan fingerprint density at radius 2 is 1.75 bits per heavy atom. The standard InChI is InChI=1S/C19H20O5/c1-2-23-18-12-11-15(24-14-7-4-3-5-8-14)13-16(18)17(20)9-6-10-19(21)22/h3-5,7-8,11-13H,2,6,9-10H2,1H3,(H,21,22). The molecular weight excluding hydrogens is 308 g/mol. The van der Waals surface area contributed by atoms with Gasteiger partial charge in [0, 0.05) is 12.8 Å². The Bertz CT molecular complexity index is 694. The van der Waals surface area contributed by atoms with E-state index in [4.69, 9.17) is 14.6 Å². The molecule has 0 heterocycles. The van der Waals surface area contributed by atoms with Gasteiger partial charge in [0.2, 0.25) is 0 Å². The van der Waals surface area contributed by atoms with E-state index >= 15 is 0 Å². The van der Waals surface area contributed by atoms with Crippen LogP contribution in [0.2, 0.25) is 0 Å². The molecule has 0 unspecified atom stereocenters. The maximum atomic E-state index is 12.4. The summed E-state index contributed by atoms with van der Waals surface area (Å²) in [5.74, 6) is 0.627. The van der Waals surface area contributed by atoms with Gasteiger partial charge in [-0.15, -0.1) is 0 Å². The molecule has 0 aliphatic rings. The van der Waals surface area contributed by atoms with Crippen LogP contribution in [-0.2, 0) is 4.79 Å². The van der Waals surface area contributed by atoms with Gasteiger partial charge in [-0.3, -0.25) is 9.59 Å². The predicted molar refractivity (Wildman–Crippen MR) is 89.9 cm³/mol. The summed E-state index contributed by atoms with van der Waals surface area (Å²) in [6, 6.07) is 14.3. The molecule has 0 aliphatic carbocycles. The molecule has 0 saturated carbocycles. The minimum absolute atomic E-state index is 0.0318. The van der Waals surface area contributed by atoms with Gasteiger partial charge in [0.15, 0.2) is 5.78 Å². The minimum atomic E-state index is -0.908. The van der Waals surface area contributed by atoms with Gasteiger partial charge in [0.05, 0.1) is 12.2 Å². The third-order valence-electron chi connectivity index (χ3n) is 3.32. The molecule has 0 saturated heterocycles. The van der Waals surface area contributed by atoms with Crippen LogP contribution < -0.4 is 9.47 Å². The largest absolute Gasteiger partial charge is 0.493 e. The Morgan fingerprint density at radius 1 is 1.00 bits per heavy atom. The molecule has 0 aliphatic heterocycles. The highest BCUT2D eigenvalue weighted by molar-refractivity contribution is 5.99. The summed E-state index contributed by atoms with van der Waals surface area (Å²) in [7, 11) is 0. The molecule has 1 N–H and O–H groups in total. The van der Waals surface area contributed by atoms with E-state index < -0.39 is 5.97 Å². The number of benzene rings is 2. The summed E-state index contributed by atoms with van der Waals surface area (Å²) >= 11 is 0. The maximum Gasteiger partial charge on any atom is 0.303 e. The lowest BCUT2D eigenvalue weighted by Crippen LogP contribution is -2.05. The first-order valence-corrected chi connectivity index (χ1v) is 7.85. The number of carbonyl (C=O) groups is 2. The average molecular weight is 328 g/mol. The molecule has 2 aromatic rings. The Labute approximate surface area is 140 Å². The molecular formula is C19H20O5. The van der Waals surface area contributed by atoms with Crippen molar-refractivity contribution < 1.29 is 24.2 Å². The summed E-state index contributed by atoms with van der Waals surface area (Å²) in [5.41, 5.74) is 0.413. The topological polar surface area (TPSA) is 72.8 Å². The van der Waals surface area contributed by atoms with Crippen molar-refractivity contribution in [1.82, 2.24) is 0 Å². The lowest BCUT2D eigenvalue weighted by molar-refractivity contribution is -0.137. The fourth-order valence-corrected chi connectivity index (χ4v) is 2.23. The fourth-order valence-electron chi connectivity index (χ4n) is 2.23. The molecule has 0 amide bonds. The Kier molecular flexibility index (Phi) is 6.37. The molecule has 2 rings (SSSR count). The third-order valence-corrected chi connectivity index (χ3v) is 3.32. The molecule has 24 heavy (non-hydrogen) atoms. The monoisotopic (exact) mass is 328 g/mol. The van der Waals surface area contributed by atoms with Gasteiger partial charge < -0.3 is 14.6 Å². The minimum Gasteiger partial charge on any atom is -0.493 e. The number of hydrogen-bond acceptors (Lipinski definition) is 4. The van der Waals surface area contributed by atoms with Crippen molar-refractivity contribution in [3.05, 3.63) is 54.1 Å². The van der Waals surface area contributed by atoms with Crippen LogP contribution in [0.3, 0.4) is 0 Å². The second-order valence-electron chi connectivity index (χ2n) is 5.18. The van der Waals surface area contributed by atoms with Crippen LogP contribution in [0.25, 0.3) is 0 Å². The first-order valence-electron chi connectivity index (χ1n) is 7.85. The van der Waals surface area contributed by atoms with E-state index in [9.17, 15) is 9.59 Å². The number of hydrogen-bond donors (Lipinski definition) is 1. The zero-order valence-electron chi connectivity index (χ0n) is 13.5. The molecule has 0 aromatic heterocycles. The van der Waals surface area contributed by atoms with Crippen LogP contribution in [0.15, 0.2) is 48.5 Å². The highest BCUT2D eigenvalue weighted by atomic mass is 16.5. The normalized spacial score (nSPS) is 10.2. The molecule has 0 atom stereocenters. The summed E-state index contributed by atoms with van der Waals surface area (Å²) in [6.45, 7) is 2.28. The molecule has 0 radical (unpaired) electrons.